The van der Waals surface area contributed by atoms with Crippen molar-refractivity contribution in [2.75, 3.05) is 37.6 Å². The Morgan fingerprint density at radius 1 is 1.10 bits per heavy atom. The summed E-state index contributed by atoms with van der Waals surface area (Å²) in [6, 6.07) is 8.52. The summed E-state index contributed by atoms with van der Waals surface area (Å²) in [4.78, 5) is 16.9. The topological polar surface area (TPSA) is 48.5 Å². The first-order valence-corrected chi connectivity index (χ1v) is 11.8. The number of aromatic nitrogens is 1. The van der Waals surface area contributed by atoms with Gasteiger partial charge >= 0.3 is 0 Å². The molecule has 160 valence electrons. The second-order valence-corrected chi connectivity index (χ2v) is 11.5. The SMILES string of the molecule is CC1(CCCCN2CCN(c3nsc4ccccc34)CC2)NC(=O)C(C)(C)S1.Cl. The minimum absolute atomic E-state index is 0. The summed E-state index contributed by atoms with van der Waals surface area (Å²) < 4.78 is 5.67. The zero-order valence-electron chi connectivity index (χ0n) is 17.4. The van der Waals surface area contributed by atoms with E-state index in [0.717, 1.165) is 51.4 Å². The number of benzene rings is 1. The molecule has 5 nitrogen and oxygen atoms in total. The van der Waals surface area contributed by atoms with Crippen LogP contribution in [0.4, 0.5) is 5.82 Å². The largest absolute Gasteiger partial charge is 0.353 e. The molecule has 1 N–H and O–H groups in total. The maximum atomic E-state index is 12.1. The van der Waals surface area contributed by atoms with E-state index in [-0.39, 0.29) is 27.9 Å². The van der Waals surface area contributed by atoms with Gasteiger partial charge in [-0.1, -0.05) is 12.1 Å². The molecule has 1 atom stereocenters. The van der Waals surface area contributed by atoms with Gasteiger partial charge in [0.15, 0.2) is 0 Å². The standard InChI is InChI=1S/C21H30N4OS2.ClH/c1-20(2)19(26)22-21(3,28-20)10-6-7-11-24-12-14-25(15-13-24)18-16-8-4-5-9-17(16)27-23-18;/h4-5,8-9H,6-7,10-15H2,1-3H3,(H,22,26);1H. The lowest BCUT2D eigenvalue weighted by molar-refractivity contribution is -0.122. The molecule has 4 rings (SSSR count). The summed E-state index contributed by atoms with van der Waals surface area (Å²) in [7, 11) is 0. The average molecular weight is 455 g/mol. The highest BCUT2D eigenvalue weighted by atomic mass is 35.5. The summed E-state index contributed by atoms with van der Waals surface area (Å²) >= 11 is 3.38. The summed E-state index contributed by atoms with van der Waals surface area (Å²) in [6.45, 7) is 11.6. The van der Waals surface area contributed by atoms with Crippen molar-refractivity contribution in [2.24, 2.45) is 0 Å². The third kappa shape index (κ3) is 5.01. The number of carbonyl (C=O) groups excluding carboxylic acids is 1. The van der Waals surface area contributed by atoms with Gasteiger partial charge in [0.2, 0.25) is 5.91 Å². The molecule has 0 aliphatic carbocycles. The maximum Gasteiger partial charge on any atom is 0.236 e. The van der Waals surface area contributed by atoms with E-state index in [1.54, 1.807) is 23.3 Å². The molecule has 1 aromatic carbocycles. The number of nitrogens with zero attached hydrogens (tertiary/aromatic N) is 3. The number of hydrogen-bond donors (Lipinski definition) is 1. The van der Waals surface area contributed by atoms with Gasteiger partial charge in [0.05, 0.1) is 14.3 Å². The van der Waals surface area contributed by atoms with Crippen LogP contribution in [0.2, 0.25) is 0 Å². The van der Waals surface area contributed by atoms with Gasteiger partial charge in [-0.05, 0) is 70.2 Å². The molecule has 1 unspecified atom stereocenters. The smallest absolute Gasteiger partial charge is 0.236 e. The Hall–Kier alpha value is -1.02. The number of thioether (sulfide) groups is 1. The van der Waals surface area contributed by atoms with Crippen molar-refractivity contribution in [2.45, 2.75) is 49.7 Å². The van der Waals surface area contributed by atoms with Crippen LogP contribution in [0.15, 0.2) is 24.3 Å². The van der Waals surface area contributed by atoms with Crippen molar-refractivity contribution in [3.8, 4) is 0 Å². The lowest BCUT2D eigenvalue weighted by Crippen LogP contribution is -2.46. The first kappa shape index (κ1) is 22.7. The molecule has 2 aromatic rings. The first-order chi connectivity index (χ1) is 13.4. The Morgan fingerprint density at radius 3 is 2.52 bits per heavy atom. The third-order valence-electron chi connectivity index (χ3n) is 5.81. The summed E-state index contributed by atoms with van der Waals surface area (Å²) in [5.74, 6) is 1.33. The normalized spacial score (nSPS) is 24.5. The molecule has 0 saturated carbocycles. The van der Waals surface area contributed by atoms with Gasteiger partial charge < -0.3 is 10.2 Å². The number of halogens is 1. The van der Waals surface area contributed by atoms with Gasteiger partial charge in [0.25, 0.3) is 0 Å². The first-order valence-electron chi connectivity index (χ1n) is 10.2. The fourth-order valence-electron chi connectivity index (χ4n) is 4.22. The van der Waals surface area contributed by atoms with Gasteiger partial charge in [0, 0.05) is 31.6 Å². The van der Waals surface area contributed by atoms with Crippen LogP contribution in [-0.4, -0.2) is 57.5 Å². The minimum atomic E-state index is -0.301. The zero-order valence-corrected chi connectivity index (χ0v) is 19.9. The summed E-state index contributed by atoms with van der Waals surface area (Å²) in [6.07, 6.45) is 3.38. The molecule has 0 spiro atoms. The monoisotopic (exact) mass is 454 g/mol. The average Bonchev–Trinajstić information content (AvgIpc) is 3.18. The second-order valence-electron chi connectivity index (χ2n) is 8.59. The lowest BCUT2D eigenvalue weighted by Gasteiger charge is -2.35. The molecule has 8 heteroatoms. The summed E-state index contributed by atoms with van der Waals surface area (Å²) in [5, 5.41) is 4.48. The molecule has 1 amide bonds. The predicted octanol–water partition coefficient (Wildman–Crippen LogP) is 4.37. The van der Waals surface area contributed by atoms with E-state index in [1.165, 1.54) is 16.5 Å². The van der Waals surface area contributed by atoms with E-state index in [9.17, 15) is 4.79 Å². The highest BCUT2D eigenvalue weighted by molar-refractivity contribution is 8.03. The van der Waals surface area contributed by atoms with Crippen LogP contribution >= 0.6 is 35.7 Å². The predicted molar refractivity (Wildman–Crippen MR) is 128 cm³/mol. The van der Waals surface area contributed by atoms with E-state index in [4.69, 9.17) is 4.37 Å². The molecule has 0 bridgehead atoms. The highest BCUT2D eigenvalue weighted by Gasteiger charge is 2.46. The third-order valence-corrected chi connectivity index (χ3v) is 8.08. The number of fused-ring (bicyclic) bond motifs is 1. The number of piperazine rings is 1. The van der Waals surface area contributed by atoms with E-state index >= 15 is 0 Å². The maximum absolute atomic E-state index is 12.1. The van der Waals surface area contributed by atoms with Gasteiger partial charge in [-0.3, -0.25) is 9.69 Å². The van der Waals surface area contributed by atoms with Crippen molar-refractivity contribution in [3.63, 3.8) is 0 Å². The lowest BCUT2D eigenvalue weighted by atomic mass is 10.1. The highest BCUT2D eigenvalue weighted by Crippen LogP contribution is 2.43. The number of rotatable bonds is 6. The minimum Gasteiger partial charge on any atom is -0.353 e. The van der Waals surface area contributed by atoms with E-state index in [2.05, 4.69) is 46.3 Å². The second kappa shape index (κ2) is 9.00. The Kier molecular flexibility index (Phi) is 7.03. The molecule has 2 aliphatic rings. The molecule has 2 saturated heterocycles. The molecule has 0 radical (unpaired) electrons. The van der Waals surface area contributed by atoms with Gasteiger partial charge in [-0.2, -0.15) is 4.37 Å². The van der Waals surface area contributed by atoms with Crippen LogP contribution in [0.25, 0.3) is 10.1 Å². The van der Waals surface area contributed by atoms with Gasteiger partial charge in [-0.25, -0.2) is 0 Å². The van der Waals surface area contributed by atoms with Crippen LogP contribution in [-0.2, 0) is 4.79 Å². The molecule has 29 heavy (non-hydrogen) atoms. The Bertz CT molecular complexity index is 850. The van der Waals surface area contributed by atoms with E-state index in [0.29, 0.717) is 0 Å². The Balaban J connectivity index is 0.00000240. The molecule has 1 aromatic heterocycles. The van der Waals surface area contributed by atoms with Crippen LogP contribution in [0.1, 0.15) is 40.0 Å². The molecular weight excluding hydrogens is 424 g/mol. The van der Waals surface area contributed by atoms with E-state index in [1.807, 2.05) is 13.8 Å². The number of carbonyl (C=O) groups is 1. The number of amides is 1. The Morgan fingerprint density at radius 2 is 1.83 bits per heavy atom. The van der Waals surface area contributed by atoms with Crippen molar-refractivity contribution in [3.05, 3.63) is 24.3 Å². The van der Waals surface area contributed by atoms with Crippen LogP contribution < -0.4 is 10.2 Å². The van der Waals surface area contributed by atoms with Gasteiger partial charge in [0.1, 0.15) is 5.82 Å². The zero-order chi connectivity index (χ0) is 19.8. The number of nitrogens with one attached hydrogen (secondary N) is 1. The molecule has 3 heterocycles. The Labute approximate surface area is 188 Å². The van der Waals surface area contributed by atoms with Crippen LogP contribution in [0, 0.1) is 0 Å². The van der Waals surface area contributed by atoms with Crippen molar-refractivity contribution >= 4 is 57.5 Å². The summed E-state index contributed by atoms with van der Waals surface area (Å²) in [5.41, 5.74) is 0. The van der Waals surface area contributed by atoms with Crippen molar-refractivity contribution in [1.82, 2.24) is 14.6 Å². The fraction of sp³-hybridized carbons (Fsp3) is 0.619. The van der Waals surface area contributed by atoms with Gasteiger partial charge in [-0.15, -0.1) is 24.2 Å². The molecule has 2 aliphatic heterocycles. The fourth-order valence-corrected chi connectivity index (χ4v) is 6.68. The number of hydrogen-bond acceptors (Lipinski definition) is 6. The van der Waals surface area contributed by atoms with Crippen LogP contribution in [0.3, 0.4) is 0 Å². The van der Waals surface area contributed by atoms with Crippen LogP contribution in [0.5, 0.6) is 0 Å². The van der Waals surface area contributed by atoms with E-state index < -0.39 is 0 Å². The molecule has 2 fully saturated rings. The van der Waals surface area contributed by atoms with Crippen molar-refractivity contribution < 1.29 is 4.79 Å². The number of unbranched alkanes of at least 4 members (excludes halogenated alkanes) is 1. The number of anilines is 1. The quantitative estimate of drug-likeness (QED) is 0.657. The molecular formula is C21H31ClN4OS2. The van der Waals surface area contributed by atoms with Crippen molar-refractivity contribution in [1.29, 1.82) is 0 Å².